The highest BCUT2D eigenvalue weighted by Crippen LogP contribution is 2.31. The van der Waals surface area contributed by atoms with E-state index in [0.717, 1.165) is 12.1 Å². The zero-order valence-electron chi connectivity index (χ0n) is 16.6. The largest absolute Gasteiger partial charge is 0.350 e. The smallest absolute Gasteiger partial charge is 0.278 e. The first-order valence-electron chi connectivity index (χ1n) is 9.83. The van der Waals surface area contributed by atoms with Crippen molar-refractivity contribution in [3.63, 3.8) is 0 Å². The SMILES string of the molecule is CCc1ccc(NC2=C(c3ccccc3)C(=O)N(Cc3ccc(F)cc3)C2=O)cc1. The molecule has 0 spiro atoms. The minimum absolute atomic E-state index is 0.0776. The monoisotopic (exact) mass is 400 g/mol. The Morgan fingerprint density at radius 1 is 0.800 bits per heavy atom. The summed E-state index contributed by atoms with van der Waals surface area (Å²) in [5.74, 6) is -1.13. The van der Waals surface area contributed by atoms with E-state index < -0.39 is 5.91 Å². The van der Waals surface area contributed by atoms with E-state index >= 15 is 0 Å². The third-order valence-electron chi connectivity index (χ3n) is 5.12. The van der Waals surface area contributed by atoms with Crippen molar-refractivity contribution >= 4 is 23.1 Å². The fourth-order valence-electron chi connectivity index (χ4n) is 3.45. The Morgan fingerprint density at radius 3 is 2.07 bits per heavy atom. The van der Waals surface area contributed by atoms with E-state index in [9.17, 15) is 14.0 Å². The van der Waals surface area contributed by atoms with Gasteiger partial charge in [-0.15, -0.1) is 0 Å². The summed E-state index contributed by atoms with van der Waals surface area (Å²) in [6.07, 6.45) is 0.918. The molecule has 2 amide bonds. The maximum Gasteiger partial charge on any atom is 0.278 e. The number of aryl methyl sites for hydroxylation is 1. The summed E-state index contributed by atoms with van der Waals surface area (Å²) in [4.78, 5) is 27.6. The van der Waals surface area contributed by atoms with E-state index in [1.165, 1.54) is 22.6 Å². The van der Waals surface area contributed by atoms with Crippen molar-refractivity contribution in [2.75, 3.05) is 5.32 Å². The van der Waals surface area contributed by atoms with Gasteiger partial charge in [-0.3, -0.25) is 14.5 Å². The van der Waals surface area contributed by atoms with E-state index in [2.05, 4.69) is 12.2 Å². The van der Waals surface area contributed by atoms with Crippen LogP contribution in [0, 0.1) is 5.82 Å². The molecule has 0 aromatic heterocycles. The second-order valence-electron chi connectivity index (χ2n) is 7.11. The van der Waals surface area contributed by atoms with E-state index in [1.807, 2.05) is 54.6 Å². The molecule has 5 heteroatoms. The summed E-state index contributed by atoms with van der Waals surface area (Å²) in [6, 6.07) is 22.7. The molecule has 3 aromatic rings. The van der Waals surface area contributed by atoms with Crippen LogP contribution < -0.4 is 5.32 Å². The van der Waals surface area contributed by atoms with Crippen molar-refractivity contribution in [3.8, 4) is 0 Å². The zero-order valence-corrected chi connectivity index (χ0v) is 16.6. The van der Waals surface area contributed by atoms with Crippen LogP contribution in [-0.4, -0.2) is 16.7 Å². The molecule has 0 unspecified atom stereocenters. The Hall–Kier alpha value is -3.73. The van der Waals surface area contributed by atoms with Crippen LogP contribution in [0.4, 0.5) is 10.1 Å². The minimum atomic E-state index is -0.400. The van der Waals surface area contributed by atoms with E-state index in [0.29, 0.717) is 16.7 Å². The lowest BCUT2D eigenvalue weighted by Gasteiger charge is -2.15. The number of halogens is 1. The third kappa shape index (κ3) is 3.87. The number of rotatable bonds is 6. The number of carbonyl (C=O) groups is 2. The van der Waals surface area contributed by atoms with Crippen LogP contribution >= 0.6 is 0 Å². The van der Waals surface area contributed by atoms with Crippen LogP contribution in [0.3, 0.4) is 0 Å². The highest BCUT2D eigenvalue weighted by atomic mass is 19.1. The number of benzene rings is 3. The molecule has 0 fully saturated rings. The topological polar surface area (TPSA) is 49.4 Å². The average Bonchev–Trinajstić information content (AvgIpc) is 3.00. The van der Waals surface area contributed by atoms with Gasteiger partial charge in [0.15, 0.2) is 0 Å². The number of carbonyl (C=O) groups excluding carboxylic acids is 2. The van der Waals surface area contributed by atoms with Gasteiger partial charge in [-0.05, 0) is 47.4 Å². The molecule has 0 aliphatic carbocycles. The molecule has 4 nitrogen and oxygen atoms in total. The van der Waals surface area contributed by atoms with Crippen molar-refractivity contribution in [2.45, 2.75) is 19.9 Å². The summed E-state index contributed by atoms with van der Waals surface area (Å²) >= 11 is 0. The Labute approximate surface area is 174 Å². The molecular weight excluding hydrogens is 379 g/mol. The Kier molecular flexibility index (Phi) is 5.44. The molecule has 1 N–H and O–H groups in total. The Bertz CT molecular complexity index is 1100. The van der Waals surface area contributed by atoms with Gasteiger partial charge in [-0.2, -0.15) is 0 Å². The van der Waals surface area contributed by atoms with Gasteiger partial charge in [-0.25, -0.2) is 4.39 Å². The maximum absolute atomic E-state index is 13.2. The van der Waals surface area contributed by atoms with Gasteiger partial charge < -0.3 is 5.32 Å². The standard InChI is InChI=1S/C25H21FN2O2/c1-2-17-10-14-21(15-11-17)27-23-22(19-6-4-3-5-7-19)24(29)28(25(23)30)16-18-8-12-20(26)13-9-18/h3-15,27H,2,16H2,1H3. The summed E-state index contributed by atoms with van der Waals surface area (Å²) in [5, 5.41) is 3.15. The van der Waals surface area contributed by atoms with Crippen LogP contribution in [0.1, 0.15) is 23.6 Å². The first kappa shape index (κ1) is 19.6. The van der Waals surface area contributed by atoms with Crippen LogP contribution in [0.5, 0.6) is 0 Å². The molecule has 0 atom stereocenters. The number of nitrogens with zero attached hydrogens (tertiary/aromatic N) is 1. The van der Waals surface area contributed by atoms with Crippen LogP contribution in [0.25, 0.3) is 5.57 Å². The zero-order chi connectivity index (χ0) is 21.1. The normalized spacial score (nSPS) is 13.9. The van der Waals surface area contributed by atoms with Crippen LogP contribution in [-0.2, 0) is 22.6 Å². The van der Waals surface area contributed by atoms with Crippen molar-refractivity contribution in [1.29, 1.82) is 0 Å². The number of anilines is 1. The van der Waals surface area contributed by atoms with Crippen LogP contribution in [0.2, 0.25) is 0 Å². The summed E-state index contributed by atoms with van der Waals surface area (Å²) in [6.45, 7) is 2.15. The van der Waals surface area contributed by atoms with Gasteiger partial charge in [0, 0.05) is 5.69 Å². The molecule has 0 radical (unpaired) electrons. The van der Waals surface area contributed by atoms with Gasteiger partial charge in [0.25, 0.3) is 11.8 Å². The van der Waals surface area contributed by atoms with Crippen LogP contribution in [0.15, 0.2) is 84.6 Å². The predicted molar refractivity (Wildman–Crippen MR) is 115 cm³/mol. The molecule has 150 valence electrons. The molecule has 1 heterocycles. The lowest BCUT2D eigenvalue weighted by atomic mass is 10.0. The molecular formula is C25H21FN2O2. The molecule has 0 saturated heterocycles. The molecule has 3 aromatic carbocycles. The summed E-state index contributed by atoms with van der Waals surface area (Å²) in [7, 11) is 0. The number of hydrogen-bond acceptors (Lipinski definition) is 3. The second kappa shape index (κ2) is 8.33. The van der Waals surface area contributed by atoms with Gasteiger partial charge >= 0.3 is 0 Å². The average molecular weight is 400 g/mol. The van der Waals surface area contributed by atoms with Gasteiger partial charge in [-0.1, -0.05) is 61.5 Å². The Balaban J connectivity index is 1.69. The molecule has 0 saturated carbocycles. The highest BCUT2D eigenvalue weighted by molar-refractivity contribution is 6.36. The number of amides is 2. The van der Waals surface area contributed by atoms with Crippen molar-refractivity contribution in [2.24, 2.45) is 0 Å². The van der Waals surface area contributed by atoms with Crippen molar-refractivity contribution in [1.82, 2.24) is 4.90 Å². The highest BCUT2D eigenvalue weighted by Gasteiger charge is 2.39. The lowest BCUT2D eigenvalue weighted by Crippen LogP contribution is -2.32. The second-order valence-corrected chi connectivity index (χ2v) is 7.11. The fourth-order valence-corrected chi connectivity index (χ4v) is 3.45. The number of imide groups is 1. The summed E-state index contributed by atoms with van der Waals surface area (Å²) in [5.41, 5.74) is 3.86. The molecule has 1 aliphatic heterocycles. The minimum Gasteiger partial charge on any atom is -0.350 e. The lowest BCUT2D eigenvalue weighted by molar-refractivity contribution is -0.137. The van der Waals surface area contributed by atoms with Crippen molar-refractivity contribution in [3.05, 3.63) is 107 Å². The number of hydrogen-bond donors (Lipinski definition) is 1. The van der Waals surface area contributed by atoms with Gasteiger partial charge in [0.2, 0.25) is 0 Å². The van der Waals surface area contributed by atoms with Gasteiger partial charge in [0.1, 0.15) is 11.5 Å². The predicted octanol–water partition coefficient (Wildman–Crippen LogP) is 4.78. The molecule has 1 aliphatic rings. The molecule has 30 heavy (non-hydrogen) atoms. The quantitative estimate of drug-likeness (QED) is 0.606. The van der Waals surface area contributed by atoms with E-state index in [1.54, 1.807) is 12.1 Å². The fraction of sp³-hybridized carbons (Fsp3) is 0.120. The van der Waals surface area contributed by atoms with E-state index in [-0.39, 0.29) is 24.0 Å². The third-order valence-corrected chi connectivity index (χ3v) is 5.12. The van der Waals surface area contributed by atoms with Crippen molar-refractivity contribution < 1.29 is 14.0 Å². The molecule has 4 rings (SSSR count). The molecule has 0 bridgehead atoms. The Morgan fingerprint density at radius 2 is 1.43 bits per heavy atom. The first-order chi connectivity index (χ1) is 14.6. The first-order valence-corrected chi connectivity index (χ1v) is 9.83. The summed E-state index contributed by atoms with van der Waals surface area (Å²) < 4.78 is 13.2. The number of nitrogens with one attached hydrogen (secondary N) is 1. The van der Waals surface area contributed by atoms with E-state index in [4.69, 9.17) is 0 Å². The van der Waals surface area contributed by atoms with Gasteiger partial charge in [0.05, 0.1) is 12.1 Å². The maximum atomic E-state index is 13.2.